The van der Waals surface area contributed by atoms with Crippen molar-refractivity contribution in [1.29, 1.82) is 0 Å². The zero-order valence-corrected chi connectivity index (χ0v) is 24.4. The minimum atomic E-state index is -1.98. The molecule has 1 aliphatic heterocycles. The monoisotopic (exact) mass is 637 g/mol. The van der Waals surface area contributed by atoms with E-state index in [0.717, 1.165) is 35.0 Å². The third-order valence-electron chi connectivity index (χ3n) is 4.92. The first-order chi connectivity index (χ1) is 18.6. The number of esters is 5. The molecule has 0 aliphatic carbocycles. The van der Waals surface area contributed by atoms with Gasteiger partial charge in [0.1, 0.15) is 25.4 Å². The van der Waals surface area contributed by atoms with Gasteiger partial charge in [-0.3, -0.25) is 24.0 Å². The van der Waals surface area contributed by atoms with Gasteiger partial charge in [-0.25, -0.2) is 4.79 Å². The van der Waals surface area contributed by atoms with E-state index in [4.69, 9.17) is 63.2 Å². The molecule has 5 atom stereocenters. The Morgan fingerprint density at radius 2 is 1.35 bits per heavy atom. The molecule has 15 nitrogen and oxygen atoms in total. The Bertz CT molecular complexity index is 909. The van der Waals surface area contributed by atoms with Crippen molar-refractivity contribution in [1.82, 2.24) is 5.32 Å². The Morgan fingerprint density at radius 3 is 1.80 bits per heavy atom. The fraction of sp³-hybridized carbons (Fsp3) is 0.727. The Hall–Kier alpha value is -2.59. The van der Waals surface area contributed by atoms with E-state index in [9.17, 15) is 28.8 Å². The molecule has 0 spiro atoms. The van der Waals surface area contributed by atoms with Crippen LogP contribution in [0.4, 0.5) is 4.79 Å². The van der Waals surface area contributed by atoms with Crippen LogP contribution in [0, 0.1) is 0 Å². The van der Waals surface area contributed by atoms with Crippen LogP contribution in [0.15, 0.2) is 0 Å². The van der Waals surface area contributed by atoms with Gasteiger partial charge in [0.2, 0.25) is 3.79 Å². The number of nitrogens with one attached hydrogen (secondary N) is 1. The highest BCUT2D eigenvalue weighted by atomic mass is 35.6. The van der Waals surface area contributed by atoms with Gasteiger partial charge >= 0.3 is 35.9 Å². The molecule has 40 heavy (non-hydrogen) atoms. The molecule has 0 saturated carbocycles. The first-order valence-electron chi connectivity index (χ1n) is 11.5. The molecule has 0 bridgehead atoms. The van der Waals surface area contributed by atoms with Crippen LogP contribution in [-0.2, 0) is 61.9 Å². The average molecular weight is 639 g/mol. The molecule has 0 aromatic rings. The van der Waals surface area contributed by atoms with Crippen molar-refractivity contribution in [2.24, 2.45) is 0 Å². The second-order valence-corrected chi connectivity index (χ2v) is 10.7. The summed E-state index contributed by atoms with van der Waals surface area (Å²) in [4.78, 5) is 72.1. The largest absolute Gasteiger partial charge is 0.469 e. The zero-order valence-electron chi connectivity index (χ0n) is 22.1. The van der Waals surface area contributed by atoms with Gasteiger partial charge in [-0.2, -0.15) is 0 Å². The lowest BCUT2D eigenvalue weighted by atomic mass is 9.96. The summed E-state index contributed by atoms with van der Waals surface area (Å²) < 4.78 is 39.6. The molecule has 1 aliphatic rings. The number of hydrogen-bond acceptors (Lipinski definition) is 14. The normalized spacial score (nSPS) is 22.5. The van der Waals surface area contributed by atoms with Crippen LogP contribution < -0.4 is 5.32 Å². The van der Waals surface area contributed by atoms with E-state index in [1.807, 2.05) is 0 Å². The first-order valence-corrected chi connectivity index (χ1v) is 12.6. The van der Waals surface area contributed by atoms with Crippen LogP contribution in [-0.4, -0.2) is 104 Å². The van der Waals surface area contributed by atoms with Crippen molar-refractivity contribution in [3.05, 3.63) is 0 Å². The molecule has 1 saturated heterocycles. The maximum absolute atomic E-state index is 12.6. The maximum atomic E-state index is 12.6. The topological polar surface area (TPSA) is 188 Å². The second kappa shape index (κ2) is 16.6. The highest BCUT2D eigenvalue weighted by molar-refractivity contribution is 6.67. The molecular weight excluding hydrogens is 609 g/mol. The van der Waals surface area contributed by atoms with Gasteiger partial charge in [0, 0.05) is 20.8 Å². The minimum Gasteiger partial charge on any atom is -0.469 e. The molecule has 0 radical (unpaired) electrons. The molecule has 1 amide bonds. The summed E-state index contributed by atoms with van der Waals surface area (Å²) in [6.07, 6.45) is -9.39. The summed E-state index contributed by atoms with van der Waals surface area (Å²) in [5.41, 5.74) is 0. The van der Waals surface area contributed by atoms with Crippen molar-refractivity contribution in [2.45, 2.75) is 74.2 Å². The van der Waals surface area contributed by atoms with E-state index in [0.29, 0.717) is 0 Å². The smallest absolute Gasteiger partial charge is 0.407 e. The summed E-state index contributed by atoms with van der Waals surface area (Å²) in [5.74, 6) is -4.00. The van der Waals surface area contributed by atoms with Crippen LogP contribution in [0.5, 0.6) is 0 Å². The molecule has 0 unspecified atom stereocenters. The Labute approximate surface area is 244 Å². The van der Waals surface area contributed by atoms with Gasteiger partial charge in [-0.15, -0.1) is 0 Å². The molecule has 1 rings (SSSR count). The molecule has 1 fully saturated rings. The highest BCUT2D eigenvalue weighted by Gasteiger charge is 2.52. The first kappa shape index (κ1) is 35.4. The third-order valence-corrected chi connectivity index (χ3v) is 5.25. The standard InChI is InChI=1S/C22H30Cl3NO14/c1-10(27)35-8-14-18(37-11(2)28)19(38-12(3)29)17(26-21(32)36-9-22(23,24)25)20(40-14)39-13(6-15(30)33-4)7-16(31)34-5/h13-14,17-20H,6-9H2,1-5H3,(H,26,32)/t14-,17-,18-,19-,20-/m1/s1. The van der Waals surface area contributed by atoms with E-state index >= 15 is 0 Å². The average Bonchev–Trinajstić information content (AvgIpc) is 2.83. The number of halogens is 3. The molecule has 0 aromatic heterocycles. The lowest BCUT2D eigenvalue weighted by molar-refractivity contribution is -0.287. The van der Waals surface area contributed by atoms with E-state index in [-0.39, 0.29) is 0 Å². The van der Waals surface area contributed by atoms with Crippen LogP contribution in [0.2, 0.25) is 0 Å². The quantitative estimate of drug-likeness (QED) is 0.182. The predicted octanol–water partition coefficient (Wildman–Crippen LogP) is 1.11. The number of carbonyl (C=O) groups is 6. The number of rotatable bonds is 12. The summed E-state index contributed by atoms with van der Waals surface area (Å²) in [5, 5.41) is 2.33. The number of alkyl halides is 3. The highest BCUT2D eigenvalue weighted by Crippen LogP contribution is 2.30. The van der Waals surface area contributed by atoms with Crippen molar-refractivity contribution in [3.63, 3.8) is 0 Å². The molecule has 1 heterocycles. The Balaban J connectivity index is 3.53. The van der Waals surface area contributed by atoms with Crippen LogP contribution in [0.3, 0.4) is 0 Å². The number of amides is 1. The van der Waals surface area contributed by atoms with Gasteiger partial charge in [-0.1, -0.05) is 34.8 Å². The summed E-state index contributed by atoms with van der Waals surface area (Å²) in [7, 11) is 2.21. The Morgan fingerprint density at radius 1 is 0.825 bits per heavy atom. The van der Waals surface area contributed by atoms with Crippen LogP contribution in [0.25, 0.3) is 0 Å². The fourth-order valence-corrected chi connectivity index (χ4v) is 3.56. The summed E-state index contributed by atoms with van der Waals surface area (Å²) in [6.45, 7) is 1.98. The van der Waals surface area contributed by atoms with Gasteiger partial charge < -0.3 is 43.2 Å². The predicted molar refractivity (Wildman–Crippen MR) is 133 cm³/mol. The van der Waals surface area contributed by atoms with Crippen molar-refractivity contribution in [2.75, 3.05) is 27.4 Å². The number of ether oxygens (including phenoxy) is 8. The number of methoxy groups -OCH3 is 2. The lowest BCUT2D eigenvalue weighted by Crippen LogP contribution is -2.67. The van der Waals surface area contributed by atoms with Gasteiger partial charge in [-0.05, 0) is 0 Å². The fourth-order valence-electron chi connectivity index (χ4n) is 3.39. The molecule has 0 aromatic carbocycles. The van der Waals surface area contributed by atoms with Gasteiger partial charge in [0.05, 0.1) is 33.2 Å². The molecule has 228 valence electrons. The Kier molecular flexibility index (Phi) is 14.7. The van der Waals surface area contributed by atoms with Crippen molar-refractivity contribution >= 4 is 70.7 Å². The zero-order chi connectivity index (χ0) is 30.6. The summed E-state index contributed by atoms with van der Waals surface area (Å²) in [6, 6.07) is -1.53. The van der Waals surface area contributed by atoms with Crippen molar-refractivity contribution in [3.8, 4) is 0 Å². The number of alkyl carbamates (subject to hydrolysis) is 1. The van der Waals surface area contributed by atoms with Crippen LogP contribution >= 0.6 is 34.8 Å². The number of carbonyl (C=O) groups excluding carboxylic acids is 6. The third kappa shape index (κ3) is 13.2. The summed E-state index contributed by atoms with van der Waals surface area (Å²) >= 11 is 16.9. The van der Waals surface area contributed by atoms with E-state index in [2.05, 4.69) is 14.8 Å². The molecule has 1 N–H and O–H groups in total. The molecule has 18 heteroatoms. The second-order valence-electron chi connectivity index (χ2n) is 8.17. The van der Waals surface area contributed by atoms with Crippen molar-refractivity contribution < 1.29 is 66.7 Å². The lowest BCUT2D eigenvalue weighted by Gasteiger charge is -2.45. The van der Waals surface area contributed by atoms with E-state index in [1.54, 1.807) is 0 Å². The SMILES string of the molecule is COC(=O)CC(CC(=O)OC)O[C@@H]1O[C@H](COC(C)=O)[C@@H](OC(C)=O)[C@H](OC(C)=O)[C@H]1NC(=O)OCC(Cl)(Cl)Cl. The van der Waals surface area contributed by atoms with Gasteiger partial charge in [0.25, 0.3) is 0 Å². The van der Waals surface area contributed by atoms with E-state index < -0.39 is 103 Å². The van der Waals surface area contributed by atoms with E-state index in [1.165, 1.54) is 0 Å². The van der Waals surface area contributed by atoms with Crippen LogP contribution in [0.1, 0.15) is 33.6 Å². The minimum absolute atomic E-state index is 0.476. The van der Waals surface area contributed by atoms with Gasteiger partial charge in [0.15, 0.2) is 18.5 Å². The number of hydrogen-bond donors (Lipinski definition) is 1. The maximum Gasteiger partial charge on any atom is 0.407 e. The molecular formula is C22H30Cl3NO14.